The first kappa shape index (κ1) is 10.8. The van der Waals surface area contributed by atoms with Gasteiger partial charge in [0.05, 0.1) is 9.81 Å². The van der Waals surface area contributed by atoms with E-state index in [2.05, 4.69) is 37.2 Å². The second kappa shape index (κ2) is 5.49. The Morgan fingerprint density at radius 3 is 2.36 bits per heavy atom. The average Bonchev–Trinajstić information content (AvgIpc) is 1.85. The minimum atomic E-state index is -0.285. The average molecular weight is 285 g/mol. The highest BCUT2D eigenvalue weighted by Crippen LogP contribution is 2.12. The van der Waals surface area contributed by atoms with Crippen LogP contribution < -0.4 is 5.32 Å². The van der Waals surface area contributed by atoms with E-state index in [1.165, 1.54) is 13.1 Å². The Morgan fingerprint density at radius 2 is 2.00 bits per heavy atom. The standard InChI is InChI=1S/C6H7Br2NO2/c1-9-6(11)3-4(10)2-5(7)8/h2H,3H2,1H3,(H,9,11). The maximum Gasteiger partial charge on any atom is 0.227 e. The second-order valence-electron chi connectivity index (χ2n) is 1.75. The maximum absolute atomic E-state index is 10.8. The molecule has 0 saturated carbocycles. The summed E-state index contributed by atoms with van der Waals surface area (Å²) in [6.45, 7) is 0. The lowest BCUT2D eigenvalue weighted by Gasteiger charge is -1.93. The predicted octanol–water partition coefficient (Wildman–Crippen LogP) is 1.32. The number of nitrogens with one attached hydrogen (secondary N) is 1. The van der Waals surface area contributed by atoms with Crippen molar-refractivity contribution in [2.75, 3.05) is 7.05 Å². The fourth-order valence-corrected chi connectivity index (χ4v) is 0.930. The minimum absolute atomic E-state index is 0.114. The molecule has 0 aliphatic rings. The molecule has 1 N–H and O–H groups in total. The van der Waals surface area contributed by atoms with Crippen LogP contribution in [0.4, 0.5) is 0 Å². The molecule has 0 aliphatic heterocycles. The number of carbonyl (C=O) groups is 2. The summed E-state index contributed by atoms with van der Waals surface area (Å²) in [6.07, 6.45) is 1.19. The van der Waals surface area contributed by atoms with Gasteiger partial charge in [-0.2, -0.15) is 0 Å². The van der Waals surface area contributed by atoms with Gasteiger partial charge in [0.1, 0.15) is 0 Å². The smallest absolute Gasteiger partial charge is 0.227 e. The van der Waals surface area contributed by atoms with E-state index in [0.29, 0.717) is 3.39 Å². The van der Waals surface area contributed by atoms with Crippen molar-refractivity contribution in [3.63, 3.8) is 0 Å². The number of hydrogen-bond donors (Lipinski definition) is 1. The van der Waals surface area contributed by atoms with E-state index in [1.54, 1.807) is 0 Å². The molecule has 5 heteroatoms. The molecule has 0 rings (SSSR count). The van der Waals surface area contributed by atoms with Gasteiger partial charge in [0.2, 0.25) is 5.91 Å². The van der Waals surface area contributed by atoms with Gasteiger partial charge < -0.3 is 5.32 Å². The summed E-state index contributed by atoms with van der Waals surface area (Å²) >= 11 is 6.02. The monoisotopic (exact) mass is 283 g/mol. The first-order valence-corrected chi connectivity index (χ1v) is 4.41. The summed E-state index contributed by atoms with van der Waals surface area (Å²) in [5, 5.41) is 2.35. The summed E-state index contributed by atoms with van der Waals surface area (Å²) in [4.78, 5) is 21.4. The molecule has 0 aromatic heterocycles. The summed E-state index contributed by atoms with van der Waals surface area (Å²) < 4.78 is 0.541. The van der Waals surface area contributed by atoms with Crippen molar-refractivity contribution in [1.29, 1.82) is 0 Å². The highest BCUT2D eigenvalue weighted by Gasteiger charge is 2.04. The molecule has 0 atom stereocenters. The Hall–Kier alpha value is -0.160. The molecule has 11 heavy (non-hydrogen) atoms. The lowest BCUT2D eigenvalue weighted by molar-refractivity contribution is -0.125. The van der Waals surface area contributed by atoms with Crippen LogP contribution in [-0.4, -0.2) is 18.7 Å². The van der Waals surface area contributed by atoms with Crippen LogP contribution in [0.15, 0.2) is 9.47 Å². The molecule has 0 heterocycles. The fraction of sp³-hybridized carbons (Fsp3) is 0.333. The zero-order valence-electron chi connectivity index (χ0n) is 5.86. The second-order valence-corrected chi connectivity index (χ2v) is 4.52. The van der Waals surface area contributed by atoms with Gasteiger partial charge in [0.15, 0.2) is 5.78 Å². The van der Waals surface area contributed by atoms with Crippen LogP contribution in [0.2, 0.25) is 0 Å². The molecule has 0 saturated heterocycles. The Labute approximate surface area is 81.5 Å². The number of carbonyl (C=O) groups excluding carboxylic acids is 2. The zero-order chi connectivity index (χ0) is 8.85. The van der Waals surface area contributed by atoms with Gasteiger partial charge in [-0.3, -0.25) is 9.59 Å². The molecule has 62 valence electrons. The van der Waals surface area contributed by atoms with Gasteiger partial charge in [-0.15, -0.1) is 0 Å². The van der Waals surface area contributed by atoms with Crippen LogP contribution in [0.25, 0.3) is 0 Å². The van der Waals surface area contributed by atoms with Gasteiger partial charge in [-0.25, -0.2) is 0 Å². The van der Waals surface area contributed by atoms with Gasteiger partial charge in [0.25, 0.3) is 0 Å². The first-order chi connectivity index (χ1) is 5.06. The third-order valence-electron chi connectivity index (χ3n) is 0.884. The van der Waals surface area contributed by atoms with Crippen molar-refractivity contribution in [2.24, 2.45) is 0 Å². The molecule has 0 bridgehead atoms. The van der Waals surface area contributed by atoms with Gasteiger partial charge in [0, 0.05) is 13.1 Å². The molecule has 0 spiro atoms. The summed E-state index contributed by atoms with van der Waals surface area (Å²) in [5.41, 5.74) is 0. The number of amides is 1. The van der Waals surface area contributed by atoms with E-state index in [4.69, 9.17) is 0 Å². The van der Waals surface area contributed by atoms with E-state index in [-0.39, 0.29) is 18.1 Å². The van der Waals surface area contributed by atoms with Gasteiger partial charge >= 0.3 is 0 Å². The largest absolute Gasteiger partial charge is 0.359 e. The number of hydrogen-bond acceptors (Lipinski definition) is 2. The van der Waals surface area contributed by atoms with Crippen molar-refractivity contribution in [3.8, 4) is 0 Å². The summed E-state index contributed by atoms with van der Waals surface area (Å²) in [5.74, 6) is -0.527. The number of halogens is 2. The quantitative estimate of drug-likeness (QED) is 0.628. The Morgan fingerprint density at radius 1 is 1.45 bits per heavy atom. The lowest BCUT2D eigenvalue weighted by atomic mass is 10.3. The van der Waals surface area contributed by atoms with E-state index in [9.17, 15) is 9.59 Å². The molecule has 0 aromatic carbocycles. The highest BCUT2D eigenvalue weighted by atomic mass is 79.9. The normalized spacial score (nSPS) is 8.64. The lowest BCUT2D eigenvalue weighted by Crippen LogP contribution is -2.20. The van der Waals surface area contributed by atoms with E-state index in [1.807, 2.05) is 0 Å². The minimum Gasteiger partial charge on any atom is -0.359 e. The van der Waals surface area contributed by atoms with Crippen LogP contribution in [0, 0.1) is 0 Å². The number of allylic oxidation sites excluding steroid dienone is 1. The summed E-state index contributed by atoms with van der Waals surface area (Å²) in [7, 11) is 1.49. The van der Waals surface area contributed by atoms with E-state index >= 15 is 0 Å². The molecule has 0 radical (unpaired) electrons. The van der Waals surface area contributed by atoms with E-state index in [0.717, 1.165) is 0 Å². The number of ketones is 1. The van der Waals surface area contributed by atoms with Crippen LogP contribution in [0.3, 0.4) is 0 Å². The molecule has 0 fully saturated rings. The van der Waals surface area contributed by atoms with Crippen LogP contribution in [0.1, 0.15) is 6.42 Å². The third kappa shape index (κ3) is 6.25. The molecular formula is C6H7Br2NO2. The molecule has 1 amide bonds. The van der Waals surface area contributed by atoms with Crippen molar-refractivity contribution in [3.05, 3.63) is 9.47 Å². The molecule has 0 aromatic rings. The maximum atomic E-state index is 10.8. The van der Waals surface area contributed by atoms with E-state index < -0.39 is 0 Å². The van der Waals surface area contributed by atoms with Crippen molar-refractivity contribution < 1.29 is 9.59 Å². The Bertz CT molecular complexity index is 197. The van der Waals surface area contributed by atoms with Crippen LogP contribution in [0.5, 0.6) is 0 Å². The summed E-state index contributed by atoms with van der Waals surface area (Å²) in [6, 6.07) is 0. The zero-order valence-corrected chi connectivity index (χ0v) is 9.03. The Kier molecular flexibility index (Phi) is 5.41. The highest BCUT2D eigenvalue weighted by molar-refractivity contribution is 9.28. The SMILES string of the molecule is CNC(=O)CC(=O)C=C(Br)Br. The fourth-order valence-electron chi connectivity index (χ4n) is 0.419. The first-order valence-electron chi connectivity index (χ1n) is 2.82. The van der Waals surface area contributed by atoms with Gasteiger partial charge in [-0.1, -0.05) is 0 Å². The van der Waals surface area contributed by atoms with Crippen molar-refractivity contribution in [1.82, 2.24) is 5.32 Å². The van der Waals surface area contributed by atoms with Crippen LogP contribution in [-0.2, 0) is 9.59 Å². The van der Waals surface area contributed by atoms with Crippen LogP contribution >= 0.6 is 31.9 Å². The Balaban J connectivity index is 3.89. The van der Waals surface area contributed by atoms with Crippen molar-refractivity contribution in [2.45, 2.75) is 6.42 Å². The third-order valence-corrected chi connectivity index (χ3v) is 1.34. The topological polar surface area (TPSA) is 46.2 Å². The molecule has 0 unspecified atom stereocenters. The molecule has 0 aliphatic carbocycles. The molecular weight excluding hydrogens is 278 g/mol. The van der Waals surface area contributed by atoms with Gasteiger partial charge in [-0.05, 0) is 31.9 Å². The number of rotatable bonds is 3. The molecule has 3 nitrogen and oxygen atoms in total. The predicted molar refractivity (Wildman–Crippen MR) is 49.6 cm³/mol. The van der Waals surface area contributed by atoms with Crippen molar-refractivity contribution >= 4 is 43.6 Å².